The molecule has 1 N–H and O–H groups in total. The number of hydrogen-bond acceptors (Lipinski definition) is 1. The quantitative estimate of drug-likeness (QED) is 0.814. The molecule has 1 nitrogen and oxygen atoms in total. The molecule has 0 bridgehead atoms. The highest BCUT2D eigenvalue weighted by Gasteiger charge is 2.08. The second kappa shape index (κ2) is 7.12. The molecular weight excluding hydrogens is 289 g/mol. The fraction of sp³-hybridized carbons (Fsp3) is 0.294. The van der Waals surface area contributed by atoms with Crippen molar-refractivity contribution in [1.82, 2.24) is 5.32 Å². The zero-order valence-electron chi connectivity index (χ0n) is 11.8. The maximum atomic E-state index is 6.06. The summed E-state index contributed by atoms with van der Waals surface area (Å²) in [5, 5.41) is 4.53. The van der Waals surface area contributed by atoms with Gasteiger partial charge in [-0.3, -0.25) is 0 Å². The van der Waals surface area contributed by atoms with Gasteiger partial charge in [-0.05, 0) is 55.6 Å². The first-order valence-electron chi connectivity index (χ1n) is 6.81. The van der Waals surface area contributed by atoms with Gasteiger partial charge in [-0.1, -0.05) is 53.5 Å². The van der Waals surface area contributed by atoms with Crippen molar-refractivity contribution in [3.63, 3.8) is 0 Å². The predicted octanol–water partition coefficient (Wildman–Crippen LogP) is 5.06. The molecule has 0 radical (unpaired) electrons. The van der Waals surface area contributed by atoms with E-state index in [0.29, 0.717) is 16.1 Å². The molecule has 2 aromatic rings. The number of halogens is 2. The van der Waals surface area contributed by atoms with E-state index in [4.69, 9.17) is 23.2 Å². The van der Waals surface area contributed by atoms with Crippen LogP contribution in [-0.2, 0) is 12.8 Å². The summed E-state index contributed by atoms with van der Waals surface area (Å²) in [6.07, 6.45) is 1.96. The molecule has 20 heavy (non-hydrogen) atoms. The lowest BCUT2D eigenvalue weighted by Crippen LogP contribution is -2.14. The normalized spacial score (nSPS) is 12.4. The van der Waals surface area contributed by atoms with Crippen molar-refractivity contribution in [2.24, 2.45) is 0 Å². The molecule has 0 aliphatic heterocycles. The smallest absolute Gasteiger partial charge is 0.0595 e. The molecule has 0 heterocycles. The molecule has 3 heteroatoms. The molecule has 0 aliphatic rings. The summed E-state index contributed by atoms with van der Waals surface area (Å²) in [6, 6.07) is 14.8. The number of hydrogen-bond donors (Lipinski definition) is 1. The molecule has 0 saturated heterocycles. The minimum absolute atomic E-state index is 0.361. The molecule has 2 rings (SSSR count). The lowest BCUT2D eigenvalue weighted by molar-refractivity contribution is 0.643. The molecule has 0 amide bonds. The molecule has 2 aromatic carbocycles. The third-order valence-electron chi connectivity index (χ3n) is 3.62. The highest BCUT2D eigenvalue weighted by atomic mass is 35.5. The van der Waals surface area contributed by atoms with Gasteiger partial charge in [-0.15, -0.1) is 0 Å². The largest absolute Gasteiger partial charge is 0.313 e. The number of rotatable bonds is 5. The number of aryl methyl sites for hydroxylation is 2. The zero-order valence-corrected chi connectivity index (χ0v) is 13.3. The lowest BCUT2D eigenvalue weighted by Gasteiger charge is -2.16. The Labute approximate surface area is 130 Å². The van der Waals surface area contributed by atoms with E-state index in [0.717, 1.165) is 12.8 Å². The van der Waals surface area contributed by atoms with Crippen molar-refractivity contribution >= 4 is 23.2 Å². The fourth-order valence-corrected chi connectivity index (χ4v) is 2.63. The summed E-state index contributed by atoms with van der Waals surface area (Å²) in [6.45, 7) is 2.18. The van der Waals surface area contributed by atoms with Gasteiger partial charge in [0.2, 0.25) is 0 Å². The van der Waals surface area contributed by atoms with Crippen LogP contribution in [0.15, 0.2) is 42.5 Å². The number of benzene rings is 2. The molecular formula is C17H19Cl2N. The summed E-state index contributed by atoms with van der Waals surface area (Å²) in [5.41, 5.74) is 3.95. The SMILES string of the molecule is CNC(C)c1ccccc1CCc1ccc(Cl)c(Cl)c1. The van der Waals surface area contributed by atoms with Gasteiger partial charge in [0, 0.05) is 6.04 Å². The lowest BCUT2D eigenvalue weighted by atomic mass is 9.96. The van der Waals surface area contributed by atoms with Crippen LogP contribution in [0.2, 0.25) is 10.0 Å². The van der Waals surface area contributed by atoms with Gasteiger partial charge >= 0.3 is 0 Å². The maximum Gasteiger partial charge on any atom is 0.0595 e. The molecule has 106 valence electrons. The first-order valence-corrected chi connectivity index (χ1v) is 7.56. The van der Waals surface area contributed by atoms with Crippen LogP contribution in [0, 0.1) is 0 Å². The first-order chi connectivity index (χ1) is 9.61. The van der Waals surface area contributed by atoms with Gasteiger partial charge in [-0.2, -0.15) is 0 Å². The van der Waals surface area contributed by atoms with Crippen LogP contribution in [0.1, 0.15) is 29.7 Å². The minimum atomic E-state index is 0.361. The van der Waals surface area contributed by atoms with E-state index in [1.807, 2.05) is 25.2 Å². The van der Waals surface area contributed by atoms with Crippen LogP contribution >= 0.6 is 23.2 Å². The standard InChI is InChI=1S/C17H19Cl2N/c1-12(20-2)15-6-4-3-5-14(15)9-7-13-8-10-16(18)17(19)11-13/h3-6,8,10-12,20H,7,9H2,1-2H3. The van der Waals surface area contributed by atoms with Crippen LogP contribution in [0.25, 0.3) is 0 Å². The summed E-state index contributed by atoms with van der Waals surface area (Å²) in [7, 11) is 1.99. The summed E-state index contributed by atoms with van der Waals surface area (Å²) in [5.74, 6) is 0. The first kappa shape index (κ1) is 15.4. The highest BCUT2D eigenvalue weighted by Crippen LogP contribution is 2.24. The molecule has 0 spiro atoms. The van der Waals surface area contributed by atoms with Gasteiger partial charge in [0.05, 0.1) is 10.0 Å². The Morgan fingerprint density at radius 1 is 1.00 bits per heavy atom. The van der Waals surface area contributed by atoms with Gasteiger partial charge in [0.15, 0.2) is 0 Å². The van der Waals surface area contributed by atoms with Crippen LogP contribution in [-0.4, -0.2) is 7.05 Å². The van der Waals surface area contributed by atoms with Gasteiger partial charge in [0.1, 0.15) is 0 Å². The molecule has 1 unspecified atom stereocenters. The highest BCUT2D eigenvalue weighted by molar-refractivity contribution is 6.42. The van der Waals surface area contributed by atoms with Gasteiger partial charge in [-0.25, -0.2) is 0 Å². The molecule has 1 atom stereocenters. The van der Waals surface area contributed by atoms with Crippen molar-refractivity contribution in [2.45, 2.75) is 25.8 Å². The zero-order chi connectivity index (χ0) is 14.5. The molecule has 0 aromatic heterocycles. The molecule has 0 fully saturated rings. The predicted molar refractivity (Wildman–Crippen MR) is 87.8 cm³/mol. The summed E-state index contributed by atoms with van der Waals surface area (Å²) >= 11 is 12.0. The third-order valence-corrected chi connectivity index (χ3v) is 4.36. The van der Waals surface area contributed by atoms with E-state index >= 15 is 0 Å². The minimum Gasteiger partial charge on any atom is -0.313 e. The van der Waals surface area contributed by atoms with E-state index in [2.05, 4.69) is 36.5 Å². The Morgan fingerprint density at radius 2 is 1.75 bits per heavy atom. The maximum absolute atomic E-state index is 6.06. The van der Waals surface area contributed by atoms with Crippen LogP contribution in [0.5, 0.6) is 0 Å². The molecule has 0 aliphatic carbocycles. The molecule has 0 saturated carbocycles. The monoisotopic (exact) mass is 307 g/mol. The summed E-state index contributed by atoms with van der Waals surface area (Å²) in [4.78, 5) is 0. The Kier molecular flexibility index (Phi) is 5.47. The van der Waals surface area contributed by atoms with Crippen LogP contribution < -0.4 is 5.32 Å². The van der Waals surface area contributed by atoms with Gasteiger partial charge < -0.3 is 5.32 Å². The second-order valence-corrected chi connectivity index (χ2v) is 5.77. The summed E-state index contributed by atoms with van der Waals surface area (Å²) < 4.78 is 0. The second-order valence-electron chi connectivity index (χ2n) is 4.96. The Hall–Kier alpha value is -1.02. The van der Waals surface area contributed by atoms with Crippen molar-refractivity contribution in [3.05, 3.63) is 69.2 Å². The Balaban J connectivity index is 2.12. The average Bonchev–Trinajstić information content (AvgIpc) is 2.48. The topological polar surface area (TPSA) is 12.0 Å². The fourth-order valence-electron chi connectivity index (χ4n) is 2.31. The van der Waals surface area contributed by atoms with Crippen molar-refractivity contribution in [3.8, 4) is 0 Å². The van der Waals surface area contributed by atoms with Crippen molar-refractivity contribution in [2.75, 3.05) is 7.05 Å². The third kappa shape index (κ3) is 3.76. The van der Waals surface area contributed by atoms with E-state index in [1.165, 1.54) is 16.7 Å². The average molecular weight is 308 g/mol. The van der Waals surface area contributed by atoms with E-state index in [1.54, 1.807) is 0 Å². The van der Waals surface area contributed by atoms with E-state index < -0.39 is 0 Å². The van der Waals surface area contributed by atoms with Crippen LogP contribution in [0.4, 0.5) is 0 Å². The number of nitrogens with one attached hydrogen (secondary N) is 1. The van der Waals surface area contributed by atoms with E-state index in [9.17, 15) is 0 Å². The Bertz CT molecular complexity index is 581. The van der Waals surface area contributed by atoms with Gasteiger partial charge in [0.25, 0.3) is 0 Å². The van der Waals surface area contributed by atoms with Crippen LogP contribution in [0.3, 0.4) is 0 Å². The van der Waals surface area contributed by atoms with Crippen molar-refractivity contribution < 1.29 is 0 Å². The van der Waals surface area contributed by atoms with Crippen molar-refractivity contribution in [1.29, 1.82) is 0 Å². The Morgan fingerprint density at radius 3 is 2.45 bits per heavy atom. The van der Waals surface area contributed by atoms with E-state index in [-0.39, 0.29) is 0 Å².